The van der Waals surface area contributed by atoms with Gasteiger partial charge in [0.2, 0.25) is 0 Å². The van der Waals surface area contributed by atoms with Crippen LogP contribution in [0.15, 0.2) is 53.3 Å². The van der Waals surface area contributed by atoms with Crippen molar-refractivity contribution in [2.45, 2.75) is 6.18 Å². The van der Waals surface area contributed by atoms with Gasteiger partial charge in [-0.05, 0) is 30.3 Å². The summed E-state index contributed by atoms with van der Waals surface area (Å²) in [5, 5.41) is 0. The zero-order chi connectivity index (χ0) is 15.7. The van der Waals surface area contributed by atoms with E-state index in [1.807, 2.05) is 0 Å². The molecular formula is C15H8F3NO3. The SMILES string of the molecule is O=C(Oc1ccc2ocnc2c1)c1cccc(C(F)(F)F)c1. The third-order valence-corrected chi connectivity index (χ3v) is 2.94. The summed E-state index contributed by atoms with van der Waals surface area (Å²) >= 11 is 0. The number of carbonyl (C=O) groups excluding carboxylic acids is 1. The third-order valence-electron chi connectivity index (χ3n) is 2.94. The normalized spacial score (nSPS) is 11.6. The minimum Gasteiger partial charge on any atom is -0.443 e. The molecule has 1 aromatic heterocycles. The van der Waals surface area contributed by atoms with Crippen LogP contribution in [0.3, 0.4) is 0 Å². The summed E-state index contributed by atoms with van der Waals surface area (Å²) in [6, 6.07) is 8.53. The highest BCUT2D eigenvalue weighted by atomic mass is 19.4. The summed E-state index contributed by atoms with van der Waals surface area (Å²) in [6.07, 6.45) is -3.28. The maximum Gasteiger partial charge on any atom is 0.416 e. The van der Waals surface area contributed by atoms with Gasteiger partial charge >= 0.3 is 12.1 Å². The molecule has 0 aliphatic heterocycles. The van der Waals surface area contributed by atoms with Crippen LogP contribution in [0.1, 0.15) is 15.9 Å². The number of nitrogens with zero attached hydrogens (tertiary/aromatic N) is 1. The molecule has 112 valence electrons. The molecule has 4 nitrogen and oxygen atoms in total. The van der Waals surface area contributed by atoms with Gasteiger partial charge in [0.25, 0.3) is 0 Å². The summed E-state index contributed by atoms with van der Waals surface area (Å²) in [7, 11) is 0. The molecule has 0 radical (unpaired) electrons. The third kappa shape index (κ3) is 2.78. The van der Waals surface area contributed by atoms with Crippen molar-refractivity contribution in [1.29, 1.82) is 0 Å². The fourth-order valence-electron chi connectivity index (χ4n) is 1.89. The van der Waals surface area contributed by atoms with Gasteiger partial charge in [0.05, 0.1) is 11.1 Å². The molecule has 0 unspecified atom stereocenters. The highest BCUT2D eigenvalue weighted by Crippen LogP contribution is 2.30. The minimum absolute atomic E-state index is 0.170. The molecule has 1 heterocycles. The lowest BCUT2D eigenvalue weighted by atomic mass is 10.1. The van der Waals surface area contributed by atoms with Crippen molar-refractivity contribution in [3.05, 3.63) is 60.0 Å². The van der Waals surface area contributed by atoms with E-state index in [0.29, 0.717) is 11.1 Å². The van der Waals surface area contributed by atoms with Crippen molar-refractivity contribution in [2.75, 3.05) is 0 Å². The Labute approximate surface area is 122 Å². The predicted octanol–water partition coefficient (Wildman–Crippen LogP) is 4.07. The molecule has 22 heavy (non-hydrogen) atoms. The Morgan fingerprint density at radius 3 is 2.73 bits per heavy atom. The van der Waals surface area contributed by atoms with Crippen molar-refractivity contribution < 1.29 is 27.1 Å². The number of esters is 1. The standard InChI is InChI=1S/C15H8F3NO3/c16-15(17,18)10-3-1-2-9(6-10)14(20)22-11-4-5-13-12(7-11)19-8-21-13/h1-8H. The zero-order valence-electron chi connectivity index (χ0n) is 10.9. The molecule has 0 saturated carbocycles. The molecule has 7 heteroatoms. The van der Waals surface area contributed by atoms with Gasteiger partial charge in [-0.2, -0.15) is 13.2 Å². The van der Waals surface area contributed by atoms with E-state index in [4.69, 9.17) is 9.15 Å². The first kappa shape index (κ1) is 14.1. The van der Waals surface area contributed by atoms with E-state index in [1.54, 1.807) is 6.07 Å². The molecule has 0 aliphatic carbocycles. The van der Waals surface area contributed by atoms with Crippen molar-refractivity contribution in [1.82, 2.24) is 4.98 Å². The van der Waals surface area contributed by atoms with Crippen LogP contribution in [0.25, 0.3) is 11.1 Å². The van der Waals surface area contributed by atoms with E-state index in [0.717, 1.165) is 18.2 Å². The van der Waals surface area contributed by atoms with Crippen LogP contribution >= 0.6 is 0 Å². The molecule has 0 spiro atoms. The van der Waals surface area contributed by atoms with Gasteiger partial charge in [-0.25, -0.2) is 9.78 Å². The van der Waals surface area contributed by atoms with E-state index >= 15 is 0 Å². The van der Waals surface area contributed by atoms with Gasteiger partial charge in [0.15, 0.2) is 12.0 Å². The quantitative estimate of drug-likeness (QED) is 0.529. The van der Waals surface area contributed by atoms with Crippen molar-refractivity contribution >= 4 is 17.1 Å². The Morgan fingerprint density at radius 2 is 1.95 bits per heavy atom. The lowest BCUT2D eigenvalue weighted by Gasteiger charge is -2.08. The molecule has 0 bridgehead atoms. The second-order valence-corrected chi connectivity index (χ2v) is 4.45. The first-order valence-electron chi connectivity index (χ1n) is 6.16. The topological polar surface area (TPSA) is 52.3 Å². The molecule has 0 N–H and O–H groups in total. The fraction of sp³-hybridized carbons (Fsp3) is 0.0667. The number of oxazole rings is 1. The van der Waals surface area contributed by atoms with Crippen molar-refractivity contribution in [3.8, 4) is 5.75 Å². The lowest BCUT2D eigenvalue weighted by Crippen LogP contribution is -2.11. The second kappa shape index (κ2) is 5.18. The number of carbonyl (C=O) groups is 1. The monoisotopic (exact) mass is 307 g/mol. The Bertz CT molecular complexity index is 839. The lowest BCUT2D eigenvalue weighted by molar-refractivity contribution is -0.137. The highest BCUT2D eigenvalue weighted by Gasteiger charge is 2.31. The molecule has 0 amide bonds. The molecule has 0 aliphatic rings. The van der Waals surface area contributed by atoms with Crippen LogP contribution < -0.4 is 4.74 Å². The van der Waals surface area contributed by atoms with Gasteiger partial charge in [-0.3, -0.25) is 0 Å². The largest absolute Gasteiger partial charge is 0.443 e. The number of hydrogen-bond acceptors (Lipinski definition) is 4. The van der Waals surface area contributed by atoms with Crippen molar-refractivity contribution in [3.63, 3.8) is 0 Å². The van der Waals surface area contributed by atoms with E-state index in [1.165, 1.54) is 24.6 Å². The number of benzene rings is 2. The van der Waals surface area contributed by atoms with E-state index < -0.39 is 17.7 Å². The van der Waals surface area contributed by atoms with Crippen molar-refractivity contribution in [2.24, 2.45) is 0 Å². The van der Waals surface area contributed by atoms with Gasteiger partial charge < -0.3 is 9.15 Å². The molecule has 3 rings (SSSR count). The van der Waals surface area contributed by atoms with Gasteiger partial charge in [0.1, 0.15) is 11.3 Å². The number of hydrogen-bond donors (Lipinski definition) is 0. The molecule has 2 aromatic carbocycles. The van der Waals surface area contributed by atoms with Crippen LogP contribution in [0.4, 0.5) is 13.2 Å². The van der Waals surface area contributed by atoms with Crippen LogP contribution in [-0.4, -0.2) is 11.0 Å². The summed E-state index contributed by atoms with van der Waals surface area (Å²) in [5.74, 6) is -0.710. The van der Waals surface area contributed by atoms with Gasteiger partial charge in [0, 0.05) is 6.07 Å². The molecule has 0 saturated heterocycles. The molecular weight excluding hydrogens is 299 g/mol. The number of aromatic nitrogens is 1. The Kier molecular flexibility index (Phi) is 3.32. The molecule has 0 fully saturated rings. The van der Waals surface area contributed by atoms with Crippen LogP contribution in [-0.2, 0) is 6.18 Å². The first-order chi connectivity index (χ1) is 10.4. The van der Waals surface area contributed by atoms with Crippen LogP contribution in [0, 0.1) is 0 Å². The Balaban J connectivity index is 1.85. The average Bonchev–Trinajstić information content (AvgIpc) is 2.94. The fourth-order valence-corrected chi connectivity index (χ4v) is 1.89. The first-order valence-corrected chi connectivity index (χ1v) is 6.16. The number of alkyl halides is 3. The maximum absolute atomic E-state index is 12.6. The minimum atomic E-state index is -4.52. The number of rotatable bonds is 2. The number of fused-ring (bicyclic) bond motifs is 1. The highest BCUT2D eigenvalue weighted by molar-refractivity contribution is 5.91. The zero-order valence-corrected chi connectivity index (χ0v) is 10.9. The summed E-state index contributed by atoms with van der Waals surface area (Å²) < 4.78 is 48.0. The van der Waals surface area contributed by atoms with Gasteiger partial charge in [-0.1, -0.05) is 6.07 Å². The summed E-state index contributed by atoms with van der Waals surface area (Å²) in [6.45, 7) is 0. The van der Waals surface area contributed by atoms with E-state index in [2.05, 4.69) is 4.98 Å². The Hall–Kier alpha value is -2.83. The maximum atomic E-state index is 12.6. The number of ether oxygens (including phenoxy) is 1. The van der Waals surface area contributed by atoms with Crippen LogP contribution in [0.2, 0.25) is 0 Å². The molecule has 3 aromatic rings. The Morgan fingerprint density at radius 1 is 1.14 bits per heavy atom. The average molecular weight is 307 g/mol. The van der Waals surface area contributed by atoms with Crippen LogP contribution in [0.5, 0.6) is 5.75 Å². The van der Waals surface area contributed by atoms with E-state index in [-0.39, 0.29) is 11.3 Å². The summed E-state index contributed by atoms with van der Waals surface area (Å²) in [4.78, 5) is 15.8. The second-order valence-electron chi connectivity index (χ2n) is 4.45. The summed E-state index contributed by atoms with van der Waals surface area (Å²) in [5.41, 5.74) is -0.0998. The number of halogens is 3. The smallest absolute Gasteiger partial charge is 0.416 e. The molecule has 0 atom stereocenters. The van der Waals surface area contributed by atoms with Gasteiger partial charge in [-0.15, -0.1) is 0 Å². The predicted molar refractivity (Wildman–Crippen MR) is 70.4 cm³/mol. The van der Waals surface area contributed by atoms with E-state index in [9.17, 15) is 18.0 Å².